The van der Waals surface area contributed by atoms with Crippen molar-refractivity contribution in [2.24, 2.45) is 0 Å². The van der Waals surface area contributed by atoms with E-state index in [4.69, 9.17) is 8.83 Å². The molecule has 0 unspecified atom stereocenters. The maximum absolute atomic E-state index is 6.59. The van der Waals surface area contributed by atoms with Gasteiger partial charge in [0.25, 0.3) is 0 Å². The van der Waals surface area contributed by atoms with Gasteiger partial charge in [0.05, 0.1) is 22.1 Å². The fraction of sp³-hybridized carbons (Fsp3) is 0. The zero-order valence-electron chi connectivity index (χ0n) is 69.7. The molecule has 20 aromatic carbocycles. The lowest BCUT2D eigenvalue weighted by molar-refractivity contribution is 0.669. The number of anilines is 12. The highest BCUT2D eigenvalue weighted by Gasteiger charge is 2.24. The second-order valence-electron chi connectivity index (χ2n) is 32.7. The minimum Gasteiger partial charge on any atom is -0.455 e. The zero-order chi connectivity index (χ0) is 84.5. The van der Waals surface area contributed by atoms with E-state index in [2.05, 4.69) is 490 Å². The van der Waals surface area contributed by atoms with Crippen molar-refractivity contribution >= 4 is 156 Å². The molecular formula is C120H80N6O2. The maximum Gasteiger partial charge on any atom is 0.143 e. The molecule has 0 bridgehead atoms. The first kappa shape index (κ1) is 74.6. The lowest BCUT2D eigenvalue weighted by Crippen LogP contribution is -2.10. The second-order valence-corrected chi connectivity index (χ2v) is 32.7. The molecule has 0 aliphatic rings. The van der Waals surface area contributed by atoms with Crippen LogP contribution in [0.1, 0.15) is 0 Å². The number of furan rings is 2. The Bertz CT molecular complexity index is 7750. The predicted octanol–water partition coefficient (Wildman–Crippen LogP) is 33.9. The van der Waals surface area contributed by atoms with Crippen molar-refractivity contribution in [3.8, 4) is 67.0 Å². The smallest absolute Gasteiger partial charge is 0.143 e. The van der Waals surface area contributed by atoms with Gasteiger partial charge in [0.1, 0.15) is 22.3 Å². The van der Waals surface area contributed by atoms with Crippen LogP contribution >= 0.6 is 0 Å². The molecule has 0 amide bonds. The average Bonchev–Trinajstić information content (AvgIpc) is 1.58. The van der Waals surface area contributed by atoms with Gasteiger partial charge in [-0.1, -0.05) is 279 Å². The lowest BCUT2D eigenvalue weighted by Gasteiger charge is -2.27. The number of aromatic nitrogens is 2. The molecule has 4 heterocycles. The molecule has 128 heavy (non-hydrogen) atoms. The van der Waals surface area contributed by atoms with E-state index in [1.54, 1.807) is 0 Å². The van der Waals surface area contributed by atoms with Crippen molar-refractivity contribution in [1.82, 2.24) is 9.13 Å². The van der Waals surface area contributed by atoms with Crippen LogP contribution in [0.3, 0.4) is 0 Å². The van der Waals surface area contributed by atoms with Crippen LogP contribution in [-0.4, -0.2) is 9.13 Å². The van der Waals surface area contributed by atoms with Crippen molar-refractivity contribution in [3.63, 3.8) is 0 Å². The Labute approximate surface area is 740 Å². The van der Waals surface area contributed by atoms with Crippen LogP contribution in [0.25, 0.3) is 154 Å². The van der Waals surface area contributed by atoms with Crippen molar-refractivity contribution in [1.29, 1.82) is 0 Å². The number of benzene rings is 20. The average molecular weight is 1640 g/mol. The molecular weight excluding hydrogens is 1560 g/mol. The Morgan fingerprint density at radius 2 is 0.375 bits per heavy atom. The highest BCUT2D eigenvalue weighted by atomic mass is 16.3. The number of hydrogen-bond acceptors (Lipinski definition) is 6. The van der Waals surface area contributed by atoms with Crippen molar-refractivity contribution in [2.45, 2.75) is 0 Å². The first-order valence-corrected chi connectivity index (χ1v) is 43.6. The molecule has 0 saturated heterocycles. The molecule has 0 aliphatic carbocycles. The van der Waals surface area contributed by atoms with Gasteiger partial charge in [-0.3, -0.25) is 0 Å². The molecule has 602 valence electrons. The van der Waals surface area contributed by atoms with E-state index >= 15 is 0 Å². The first-order valence-electron chi connectivity index (χ1n) is 43.6. The van der Waals surface area contributed by atoms with Crippen LogP contribution < -0.4 is 19.6 Å². The summed E-state index contributed by atoms with van der Waals surface area (Å²) in [6, 6.07) is 175. The fourth-order valence-corrected chi connectivity index (χ4v) is 19.2. The molecule has 0 spiro atoms. The summed E-state index contributed by atoms with van der Waals surface area (Å²) in [6.07, 6.45) is 0. The molecule has 0 N–H and O–H groups in total. The Morgan fingerprint density at radius 1 is 0.148 bits per heavy atom. The summed E-state index contributed by atoms with van der Waals surface area (Å²) >= 11 is 0. The monoisotopic (exact) mass is 1640 g/mol. The van der Waals surface area contributed by atoms with Crippen LogP contribution in [0.5, 0.6) is 0 Å². The molecule has 24 aromatic rings. The fourth-order valence-electron chi connectivity index (χ4n) is 19.2. The van der Waals surface area contributed by atoms with Gasteiger partial charge in [0.15, 0.2) is 0 Å². The van der Waals surface area contributed by atoms with E-state index in [0.29, 0.717) is 0 Å². The molecule has 0 aliphatic heterocycles. The number of rotatable bonds is 19. The number of hydrogen-bond donors (Lipinski definition) is 0. The third-order valence-electron chi connectivity index (χ3n) is 25.3. The maximum atomic E-state index is 6.59. The van der Waals surface area contributed by atoms with Crippen LogP contribution in [0.2, 0.25) is 0 Å². The van der Waals surface area contributed by atoms with Crippen LogP contribution in [0.15, 0.2) is 494 Å². The second kappa shape index (κ2) is 31.6. The largest absolute Gasteiger partial charge is 0.455 e. The molecule has 0 radical (unpaired) electrons. The molecule has 0 fully saturated rings. The third-order valence-corrected chi connectivity index (χ3v) is 25.3. The van der Waals surface area contributed by atoms with Crippen molar-refractivity contribution < 1.29 is 8.83 Å². The van der Waals surface area contributed by atoms with Gasteiger partial charge >= 0.3 is 0 Å². The van der Waals surface area contributed by atoms with Crippen LogP contribution in [0.4, 0.5) is 68.2 Å². The lowest BCUT2D eigenvalue weighted by atomic mass is 10.0. The highest BCUT2D eigenvalue weighted by Crippen LogP contribution is 2.48. The molecule has 4 aromatic heterocycles. The van der Waals surface area contributed by atoms with E-state index in [-0.39, 0.29) is 0 Å². The van der Waals surface area contributed by atoms with Gasteiger partial charge < -0.3 is 37.6 Å². The standard InChI is InChI=1S/C120H80N6O2/c1-5-23-89(24-6-1)123(101-75-77-115-111(79-101)105-31-13-17-39-113(105)125(115)91-27-9-3-10-28-91)99-67-51-85(52-68-99)83-47-63-95(64-48-83)121(97-71-55-87(56-72-97)103-35-21-37-109-107-33-15-19-41-117(107)127-119(103)109)93-59-43-81(44-60-93)82-45-61-94(62-46-82)122(98-73-57-88(58-74-98)104-36-22-38-110-108-34-16-20-42-118(108)128-120(104)110)96-65-49-84(50-66-96)86-53-69-100(70-54-86)124(90-25-7-2-8-26-90)102-76-78-116-112(80-102)106-32-14-18-40-114(106)126(116)92-29-11-4-12-30-92/h1-80H. The van der Waals surface area contributed by atoms with Gasteiger partial charge in [-0.05, 0) is 251 Å². The first-order chi connectivity index (χ1) is 63.5. The van der Waals surface area contributed by atoms with E-state index in [1.807, 2.05) is 24.3 Å². The highest BCUT2D eigenvalue weighted by molar-refractivity contribution is 6.14. The number of para-hydroxylation sites is 10. The van der Waals surface area contributed by atoms with Crippen LogP contribution in [-0.2, 0) is 0 Å². The topological polar surface area (TPSA) is 49.1 Å². The SMILES string of the molecule is c1ccc(N(c2ccc(-c3ccc(N(c4ccc(-c5ccc(N(c6ccc(-c7ccc(N(c8ccccc8)c8ccc9c(c8)c8ccccc8n9-c8ccccc8)cc7)cc6)c6ccc(-c7cccc8c7oc7ccccc78)cc6)cc5)cc4)c4ccc(-c5cccc6c5oc5ccccc56)cc4)cc3)cc2)c2ccc3c(c2)c2ccccc2n3-c2ccccc2)cc1. The molecule has 8 nitrogen and oxygen atoms in total. The van der Waals surface area contributed by atoms with Crippen LogP contribution in [0, 0.1) is 0 Å². The summed E-state index contributed by atoms with van der Waals surface area (Å²) in [5, 5.41) is 9.25. The van der Waals surface area contributed by atoms with Gasteiger partial charge in [0, 0.05) is 134 Å². The van der Waals surface area contributed by atoms with Gasteiger partial charge in [0.2, 0.25) is 0 Å². The summed E-state index contributed by atoms with van der Waals surface area (Å²) < 4.78 is 17.9. The zero-order valence-corrected chi connectivity index (χ0v) is 69.7. The van der Waals surface area contributed by atoms with Crippen molar-refractivity contribution in [2.75, 3.05) is 19.6 Å². The van der Waals surface area contributed by atoms with E-state index in [9.17, 15) is 0 Å². The van der Waals surface area contributed by atoms with Gasteiger partial charge in [-0.2, -0.15) is 0 Å². The summed E-state index contributed by atoms with van der Waals surface area (Å²) in [4.78, 5) is 9.43. The van der Waals surface area contributed by atoms with E-state index in [1.165, 1.54) is 43.6 Å². The molecule has 0 atom stereocenters. The minimum atomic E-state index is 0.880. The quantitative estimate of drug-likeness (QED) is 0.0804. The van der Waals surface area contributed by atoms with Gasteiger partial charge in [-0.15, -0.1) is 0 Å². The number of nitrogens with zero attached hydrogens (tertiary/aromatic N) is 6. The Hall–Kier alpha value is -17.2. The minimum absolute atomic E-state index is 0.880. The Morgan fingerprint density at radius 3 is 0.688 bits per heavy atom. The third kappa shape index (κ3) is 13.3. The van der Waals surface area contributed by atoms with Gasteiger partial charge in [-0.25, -0.2) is 0 Å². The molecule has 24 rings (SSSR count). The van der Waals surface area contributed by atoms with E-state index < -0.39 is 0 Å². The summed E-state index contributed by atoms with van der Waals surface area (Å²) in [5.41, 5.74) is 34.0. The van der Waals surface area contributed by atoms with E-state index in [0.717, 1.165) is 179 Å². The predicted molar refractivity (Wildman–Crippen MR) is 536 cm³/mol. The Kier molecular flexibility index (Phi) is 18.4. The summed E-state index contributed by atoms with van der Waals surface area (Å²) in [5.74, 6) is 0. The number of fused-ring (bicyclic) bond motifs is 12. The summed E-state index contributed by atoms with van der Waals surface area (Å²) in [7, 11) is 0. The molecule has 0 saturated carbocycles. The molecule has 8 heteroatoms. The normalized spacial score (nSPS) is 11.6. The Balaban J connectivity index is 0.548. The van der Waals surface area contributed by atoms with Crippen molar-refractivity contribution in [3.05, 3.63) is 485 Å². The summed E-state index contributed by atoms with van der Waals surface area (Å²) in [6.45, 7) is 0.